The van der Waals surface area contributed by atoms with Crippen molar-refractivity contribution in [2.75, 3.05) is 6.54 Å². The van der Waals surface area contributed by atoms with E-state index >= 15 is 0 Å². The Labute approximate surface area is 162 Å². The van der Waals surface area contributed by atoms with Crippen LogP contribution in [0.25, 0.3) is 0 Å². The van der Waals surface area contributed by atoms with Crippen LogP contribution in [-0.2, 0) is 11.2 Å². The molecule has 3 heterocycles. The number of nitrogens with zero attached hydrogens (tertiary/aromatic N) is 3. The average molecular weight is 410 g/mol. The molecule has 0 bridgehead atoms. The van der Waals surface area contributed by atoms with E-state index in [9.17, 15) is 18.8 Å². The number of hydrogen-bond acceptors (Lipinski definition) is 6. The zero-order valence-electron chi connectivity index (χ0n) is 13.8. The van der Waals surface area contributed by atoms with Crippen molar-refractivity contribution in [3.63, 3.8) is 0 Å². The van der Waals surface area contributed by atoms with Gasteiger partial charge in [0.15, 0.2) is 4.47 Å². The first-order valence-electron chi connectivity index (χ1n) is 8.16. The fourth-order valence-corrected chi connectivity index (χ4v) is 4.38. The normalized spacial score (nSPS) is 22.7. The summed E-state index contributed by atoms with van der Waals surface area (Å²) >= 11 is 7.16. The van der Waals surface area contributed by atoms with Gasteiger partial charge in [0.2, 0.25) is 5.78 Å². The van der Waals surface area contributed by atoms with Gasteiger partial charge in [-0.25, -0.2) is 13.8 Å². The summed E-state index contributed by atoms with van der Waals surface area (Å²) in [5.74, 6) is -2.08. The summed E-state index contributed by atoms with van der Waals surface area (Å²) in [6.45, 7) is 0.421. The summed E-state index contributed by atoms with van der Waals surface area (Å²) < 4.78 is 28.0. The molecule has 0 radical (unpaired) electrons. The maximum atomic E-state index is 14.4. The predicted octanol–water partition coefficient (Wildman–Crippen LogP) is 3.71. The van der Waals surface area contributed by atoms with Crippen LogP contribution in [0.3, 0.4) is 0 Å². The number of hydrogen-bond donors (Lipinski definition) is 1. The third-order valence-electron chi connectivity index (χ3n) is 4.60. The van der Waals surface area contributed by atoms with Crippen LogP contribution in [0.4, 0.5) is 8.78 Å². The average Bonchev–Trinajstić information content (AvgIpc) is 3.05. The second-order valence-electron chi connectivity index (χ2n) is 6.21. The summed E-state index contributed by atoms with van der Waals surface area (Å²) in [4.78, 5) is 19.5. The molecule has 1 N–H and O–H groups in total. The number of aromatic nitrogens is 1. The first kappa shape index (κ1) is 18.2. The Hall–Kier alpha value is -2.13. The van der Waals surface area contributed by atoms with Crippen molar-refractivity contribution in [3.8, 4) is 0 Å². The van der Waals surface area contributed by atoms with Gasteiger partial charge in [-0.2, -0.15) is 5.06 Å². The summed E-state index contributed by atoms with van der Waals surface area (Å²) in [6, 6.07) is 1.69. The molecule has 1 fully saturated rings. The SMILES string of the molecule is O=C1C2=CC=CCN2C(Cc2cnc(Cl)s2)N(O)C1c1ccc(F)cc1F. The van der Waals surface area contributed by atoms with Gasteiger partial charge in [-0.05, 0) is 12.1 Å². The lowest BCUT2D eigenvalue weighted by Crippen LogP contribution is -2.57. The molecule has 0 spiro atoms. The Morgan fingerprint density at radius 2 is 2.19 bits per heavy atom. The van der Waals surface area contributed by atoms with E-state index in [2.05, 4.69) is 4.98 Å². The number of benzene rings is 1. The lowest BCUT2D eigenvalue weighted by Gasteiger charge is -2.46. The zero-order chi connectivity index (χ0) is 19.1. The van der Waals surface area contributed by atoms with Crippen LogP contribution < -0.4 is 0 Å². The maximum Gasteiger partial charge on any atom is 0.203 e. The standard InChI is InChI=1S/C18H14ClF2N3O2S/c19-18-22-9-11(27-18)8-15-23-6-2-1-3-14(23)17(25)16(24(15)26)12-5-4-10(20)7-13(12)21/h1-5,7,9,15-16,26H,6,8H2. The van der Waals surface area contributed by atoms with Crippen molar-refractivity contribution in [2.24, 2.45) is 0 Å². The van der Waals surface area contributed by atoms with Gasteiger partial charge in [0, 0.05) is 35.7 Å². The Kier molecular flexibility index (Phi) is 4.81. The maximum absolute atomic E-state index is 14.4. The molecule has 140 valence electrons. The molecule has 9 heteroatoms. The van der Waals surface area contributed by atoms with Crippen molar-refractivity contribution in [3.05, 3.63) is 74.9 Å². The topological polar surface area (TPSA) is 56.7 Å². The van der Waals surface area contributed by atoms with Crippen LogP contribution in [0.2, 0.25) is 4.47 Å². The highest BCUT2D eigenvalue weighted by molar-refractivity contribution is 7.15. The predicted molar refractivity (Wildman–Crippen MR) is 96.3 cm³/mol. The minimum atomic E-state index is -1.27. The van der Waals surface area contributed by atoms with Gasteiger partial charge in [0.1, 0.15) is 23.8 Å². The molecule has 27 heavy (non-hydrogen) atoms. The lowest BCUT2D eigenvalue weighted by molar-refractivity contribution is -0.209. The molecular weight excluding hydrogens is 396 g/mol. The van der Waals surface area contributed by atoms with E-state index in [0.717, 1.165) is 16.0 Å². The van der Waals surface area contributed by atoms with Crippen molar-refractivity contribution in [2.45, 2.75) is 18.6 Å². The van der Waals surface area contributed by atoms with E-state index in [-0.39, 0.29) is 5.56 Å². The third-order valence-corrected chi connectivity index (χ3v) is 5.74. The van der Waals surface area contributed by atoms with E-state index in [1.165, 1.54) is 17.4 Å². The van der Waals surface area contributed by atoms with Crippen molar-refractivity contribution < 1.29 is 18.8 Å². The Morgan fingerprint density at radius 1 is 1.37 bits per heavy atom. The number of carbonyl (C=O) groups excluding carboxylic acids is 1. The van der Waals surface area contributed by atoms with E-state index in [0.29, 0.717) is 29.2 Å². The third kappa shape index (κ3) is 3.29. The van der Waals surface area contributed by atoms with Crippen LogP contribution in [0.1, 0.15) is 16.5 Å². The highest BCUT2D eigenvalue weighted by atomic mass is 35.5. The van der Waals surface area contributed by atoms with E-state index in [1.54, 1.807) is 23.2 Å². The van der Waals surface area contributed by atoms with Gasteiger partial charge in [-0.1, -0.05) is 29.8 Å². The molecule has 1 saturated heterocycles. The monoisotopic (exact) mass is 409 g/mol. The van der Waals surface area contributed by atoms with Gasteiger partial charge >= 0.3 is 0 Å². The molecule has 2 aromatic rings. The Morgan fingerprint density at radius 3 is 2.89 bits per heavy atom. The number of allylic oxidation sites excluding steroid dienone is 2. The molecule has 5 nitrogen and oxygen atoms in total. The number of ketones is 1. The van der Waals surface area contributed by atoms with Crippen LogP contribution in [0.15, 0.2) is 48.3 Å². The van der Waals surface area contributed by atoms with Gasteiger partial charge in [0.05, 0.1) is 5.70 Å². The molecular formula is C18H14ClF2N3O2S. The van der Waals surface area contributed by atoms with Crippen molar-refractivity contribution >= 4 is 28.7 Å². The molecule has 0 saturated carbocycles. The van der Waals surface area contributed by atoms with Gasteiger partial charge in [0.25, 0.3) is 0 Å². The molecule has 0 aliphatic carbocycles. The molecule has 2 atom stereocenters. The van der Waals surface area contributed by atoms with Crippen molar-refractivity contribution in [1.82, 2.24) is 14.9 Å². The molecule has 2 aliphatic heterocycles. The van der Waals surface area contributed by atoms with Gasteiger partial charge in [-0.3, -0.25) is 4.79 Å². The Balaban J connectivity index is 1.76. The van der Waals surface area contributed by atoms with Crippen LogP contribution >= 0.6 is 22.9 Å². The molecule has 4 rings (SSSR count). The smallest absolute Gasteiger partial charge is 0.203 e. The fraction of sp³-hybridized carbons (Fsp3) is 0.222. The van der Waals surface area contributed by atoms with Crippen LogP contribution in [-0.4, -0.2) is 38.6 Å². The number of Topliss-reactive ketones (excluding diaryl/α,β-unsaturated/α-hetero) is 1. The first-order valence-corrected chi connectivity index (χ1v) is 9.35. The lowest BCUT2D eigenvalue weighted by atomic mass is 9.93. The zero-order valence-corrected chi connectivity index (χ0v) is 15.4. The highest BCUT2D eigenvalue weighted by Crippen LogP contribution is 2.37. The molecule has 2 unspecified atom stereocenters. The molecule has 1 aromatic carbocycles. The van der Waals surface area contributed by atoms with E-state index in [1.807, 2.05) is 6.08 Å². The van der Waals surface area contributed by atoms with Crippen LogP contribution in [0.5, 0.6) is 0 Å². The molecule has 1 aromatic heterocycles. The van der Waals surface area contributed by atoms with E-state index in [4.69, 9.17) is 11.6 Å². The Bertz CT molecular complexity index is 962. The first-order chi connectivity index (χ1) is 13.0. The largest absolute Gasteiger partial charge is 0.347 e. The number of thiazole rings is 1. The summed E-state index contributed by atoms with van der Waals surface area (Å²) in [6.07, 6.45) is 6.54. The van der Waals surface area contributed by atoms with Gasteiger partial charge < -0.3 is 10.1 Å². The summed E-state index contributed by atoms with van der Waals surface area (Å²) in [5.41, 5.74) is 0.295. The number of hydroxylamine groups is 2. The minimum absolute atomic E-state index is 0.0775. The van der Waals surface area contributed by atoms with Crippen molar-refractivity contribution in [1.29, 1.82) is 0 Å². The summed E-state index contributed by atoms with van der Waals surface area (Å²) in [5, 5.41) is 11.7. The second-order valence-corrected chi connectivity index (χ2v) is 7.91. The highest BCUT2D eigenvalue weighted by Gasteiger charge is 2.45. The minimum Gasteiger partial charge on any atom is -0.347 e. The number of carbonyl (C=O) groups is 1. The number of halogens is 3. The van der Waals surface area contributed by atoms with Crippen LogP contribution in [0, 0.1) is 11.6 Å². The molecule has 2 aliphatic rings. The summed E-state index contributed by atoms with van der Waals surface area (Å²) in [7, 11) is 0. The second kappa shape index (κ2) is 7.12. The van der Waals surface area contributed by atoms with Gasteiger partial charge in [-0.15, -0.1) is 11.3 Å². The number of rotatable bonds is 3. The van der Waals surface area contributed by atoms with E-state index < -0.39 is 29.6 Å². The molecule has 0 amide bonds. The fourth-order valence-electron chi connectivity index (χ4n) is 3.38. The number of fused-ring (bicyclic) bond motifs is 1. The quantitative estimate of drug-likeness (QED) is 0.837.